The Balaban J connectivity index is 1.80. The second kappa shape index (κ2) is 5.07. The lowest BCUT2D eigenvalue weighted by Crippen LogP contribution is -2.40. The predicted octanol–water partition coefficient (Wildman–Crippen LogP) is 2.23. The molecule has 5 heteroatoms. The minimum atomic E-state index is 0.679. The Kier molecular flexibility index (Phi) is 3.50. The van der Waals surface area contributed by atoms with E-state index in [2.05, 4.69) is 16.1 Å². The Labute approximate surface area is 94.6 Å². The summed E-state index contributed by atoms with van der Waals surface area (Å²) >= 11 is 5.75. The molecule has 4 nitrogen and oxygen atoms in total. The number of hydrazine groups is 2. The third kappa shape index (κ3) is 3.16. The molecule has 82 valence electrons. The van der Waals surface area contributed by atoms with Crippen molar-refractivity contribution in [2.75, 3.05) is 0 Å². The van der Waals surface area contributed by atoms with Crippen molar-refractivity contribution in [2.45, 2.75) is 32.1 Å². The van der Waals surface area contributed by atoms with E-state index in [9.17, 15) is 0 Å². The number of allylic oxidation sites excluding steroid dienone is 2. The highest BCUT2D eigenvalue weighted by Gasteiger charge is 2.07. The van der Waals surface area contributed by atoms with Crippen molar-refractivity contribution in [3.05, 3.63) is 23.5 Å². The Morgan fingerprint density at radius 2 is 2.13 bits per heavy atom. The van der Waals surface area contributed by atoms with Gasteiger partial charge < -0.3 is 0 Å². The zero-order chi connectivity index (χ0) is 10.5. The molecule has 2 aliphatic rings. The van der Waals surface area contributed by atoms with Gasteiger partial charge in [0.15, 0.2) is 0 Å². The molecule has 0 radical (unpaired) electrons. The minimum Gasteiger partial charge on any atom is -0.285 e. The molecule has 0 aromatic carbocycles. The summed E-state index contributed by atoms with van der Waals surface area (Å²) in [5.41, 5.74) is 7.12. The molecule has 1 fully saturated rings. The second-order valence-corrected chi connectivity index (χ2v) is 4.12. The molecule has 0 bridgehead atoms. The van der Waals surface area contributed by atoms with E-state index >= 15 is 0 Å². The van der Waals surface area contributed by atoms with Crippen molar-refractivity contribution >= 4 is 17.3 Å². The van der Waals surface area contributed by atoms with E-state index in [1.54, 1.807) is 23.6 Å². The number of hydrogen-bond donors (Lipinski definition) is 2. The largest absolute Gasteiger partial charge is 0.285 e. The van der Waals surface area contributed by atoms with Crippen molar-refractivity contribution < 1.29 is 0 Å². The van der Waals surface area contributed by atoms with Crippen LogP contribution < -0.4 is 11.0 Å². The van der Waals surface area contributed by atoms with E-state index in [4.69, 9.17) is 11.6 Å². The zero-order valence-corrected chi connectivity index (χ0v) is 9.30. The fraction of sp³-hybridized carbons (Fsp3) is 0.500. The SMILES string of the molecule is ClC1=CNN(NN=C2CCCCC2)C=C1. The first-order valence-electron chi connectivity index (χ1n) is 5.25. The molecular weight excluding hydrogens is 212 g/mol. The molecule has 1 heterocycles. The molecular formula is C10H15ClN4. The average Bonchev–Trinajstić information content (AvgIpc) is 2.30. The minimum absolute atomic E-state index is 0.679. The third-order valence-corrected chi connectivity index (χ3v) is 2.71. The van der Waals surface area contributed by atoms with Crippen molar-refractivity contribution in [1.29, 1.82) is 0 Å². The van der Waals surface area contributed by atoms with Crippen LogP contribution in [-0.4, -0.2) is 10.8 Å². The van der Waals surface area contributed by atoms with Crippen LogP contribution in [-0.2, 0) is 0 Å². The monoisotopic (exact) mass is 226 g/mol. The first kappa shape index (κ1) is 10.4. The van der Waals surface area contributed by atoms with Crippen LogP contribution in [0.25, 0.3) is 0 Å². The van der Waals surface area contributed by atoms with Gasteiger partial charge in [-0.05, 0) is 31.8 Å². The second-order valence-electron chi connectivity index (χ2n) is 3.68. The van der Waals surface area contributed by atoms with Crippen molar-refractivity contribution in [2.24, 2.45) is 5.10 Å². The first-order valence-corrected chi connectivity index (χ1v) is 5.63. The van der Waals surface area contributed by atoms with Gasteiger partial charge in [-0.15, -0.1) is 0 Å². The summed E-state index contributed by atoms with van der Waals surface area (Å²) in [5.74, 6) is 0. The molecule has 15 heavy (non-hydrogen) atoms. The summed E-state index contributed by atoms with van der Waals surface area (Å²) in [4.78, 5) is 0. The van der Waals surface area contributed by atoms with Gasteiger partial charge in [0.05, 0.1) is 5.03 Å². The summed E-state index contributed by atoms with van der Waals surface area (Å²) in [6, 6.07) is 0. The lowest BCUT2D eigenvalue weighted by atomic mass is 9.99. The molecule has 0 saturated heterocycles. The zero-order valence-electron chi connectivity index (χ0n) is 8.54. The van der Waals surface area contributed by atoms with Crippen molar-refractivity contribution in [1.82, 2.24) is 16.1 Å². The number of nitrogens with zero attached hydrogens (tertiary/aromatic N) is 2. The molecule has 0 spiro atoms. The molecule has 1 aliphatic carbocycles. The summed E-state index contributed by atoms with van der Waals surface area (Å²) in [7, 11) is 0. The van der Waals surface area contributed by atoms with E-state index in [1.165, 1.54) is 25.0 Å². The lowest BCUT2D eigenvalue weighted by molar-refractivity contribution is 0.220. The van der Waals surface area contributed by atoms with Gasteiger partial charge in [0.2, 0.25) is 0 Å². The van der Waals surface area contributed by atoms with Crippen LogP contribution >= 0.6 is 11.6 Å². The molecule has 2 N–H and O–H groups in total. The number of hydrogen-bond acceptors (Lipinski definition) is 4. The number of halogens is 1. The predicted molar refractivity (Wildman–Crippen MR) is 61.7 cm³/mol. The number of nitrogens with one attached hydrogen (secondary N) is 2. The summed E-state index contributed by atoms with van der Waals surface area (Å²) in [6.45, 7) is 0. The maximum absolute atomic E-state index is 5.75. The van der Waals surface area contributed by atoms with E-state index in [1.807, 2.05) is 0 Å². The topological polar surface area (TPSA) is 39.7 Å². The number of hydrazone groups is 1. The van der Waals surface area contributed by atoms with Crippen LogP contribution in [0.2, 0.25) is 0 Å². The van der Waals surface area contributed by atoms with Crippen LogP contribution in [0.3, 0.4) is 0 Å². The maximum Gasteiger partial charge on any atom is 0.0598 e. The molecule has 0 unspecified atom stereocenters. The highest BCUT2D eigenvalue weighted by molar-refractivity contribution is 6.31. The van der Waals surface area contributed by atoms with Gasteiger partial charge in [-0.25, -0.2) is 0 Å². The van der Waals surface area contributed by atoms with Gasteiger partial charge >= 0.3 is 0 Å². The molecule has 0 atom stereocenters. The Bertz CT molecular complexity index is 301. The summed E-state index contributed by atoms with van der Waals surface area (Å²) in [5, 5.41) is 6.69. The van der Waals surface area contributed by atoms with Gasteiger partial charge in [0, 0.05) is 18.1 Å². The average molecular weight is 227 g/mol. The van der Waals surface area contributed by atoms with Crippen LogP contribution in [0.15, 0.2) is 28.6 Å². The van der Waals surface area contributed by atoms with Gasteiger partial charge in [-0.1, -0.05) is 18.0 Å². The highest BCUT2D eigenvalue weighted by Crippen LogP contribution is 2.14. The third-order valence-electron chi connectivity index (χ3n) is 2.47. The quantitative estimate of drug-likeness (QED) is 0.710. The van der Waals surface area contributed by atoms with E-state index in [-0.39, 0.29) is 0 Å². The maximum atomic E-state index is 5.75. The van der Waals surface area contributed by atoms with Crippen LogP contribution in [0, 0.1) is 0 Å². The molecule has 1 saturated carbocycles. The van der Waals surface area contributed by atoms with Crippen LogP contribution in [0.1, 0.15) is 32.1 Å². The van der Waals surface area contributed by atoms with Crippen LogP contribution in [0.5, 0.6) is 0 Å². The standard InChI is InChI=1S/C10H15ClN4/c11-9-6-7-15(12-8-9)14-13-10-4-2-1-3-5-10/h6-8,12,14H,1-5H2. The van der Waals surface area contributed by atoms with Gasteiger partial charge in [0.25, 0.3) is 0 Å². The van der Waals surface area contributed by atoms with Crippen molar-refractivity contribution in [3.8, 4) is 0 Å². The Morgan fingerprint density at radius 1 is 1.33 bits per heavy atom. The molecule has 2 rings (SSSR count). The highest BCUT2D eigenvalue weighted by atomic mass is 35.5. The Morgan fingerprint density at radius 3 is 2.80 bits per heavy atom. The van der Waals surface area contributed by atoms with Crippen LogP contribution in [0.4, 0.5) is 0 Å². The molecule has 0 aromatic rings. The Hall–Kier alpha value is -1.16. The smallest absolute Gasteiger partial charge is 0.0598 e. The lowest BCUT2D eigenvalue weighted by Gasteiger charge is -2.22. The van der Waals surface area contributed by atoms with E-state index in [0.29, 0.717) is 5.03 Å². The van der Waals surface area contributed by atoms with Crippen molar-refractivity contribution in [3.63, 3.8) is 0 Å². The summed E-state index contributed by atoms with van der Waals surface area (Å²) in [6.07, 6.45) is 11.4. The molecule has 1 aliphatic heterocycles. The summed E-state index contributed by atoms with van der Waals surface area (Å²) < 4.78 is 0. The fourth-order valence-corrected chi connectivity index (χ4v) is 1.73. The van der Waals surface area contributed by atoms with E-state index in [0.717, 1.165) is 12.8 Å². The normalized spacial score (nSPS) is 20.7. The molecule has 0 amide bonds. The fourth-order valence-electron chi connectivity index (χ4n) is 1.63. The molecule has 0 aromatic heterocycles. The first-order chi connectivity index (χ1) is 7.34. The van der Waals surface area contributed by atoms with Gasteiger partial charge in [0.1, 0.15) is 0 Å². The number of rotatable bonds is 2. The van der Waals surface area contributed by atoms with Gasteiger partial charge in [-0.3, -0.25) is 5.43 Å². The van der Waals surface area contributed by atoms with E-state index < -0.39 is 0 Å². The van der Waals surface area contributed by atoms with Gasteiger partial charge in [-0.2, -0.15) is 15.8 Å².